The van der Waals surface area contributed by atoms with Crippen molar-refractivity contribution in [1.82, 2.24) is 10.6 Å². The summed E-state index contributed by atoms with van der Waals surface area (Å²) in [5.41, 5.74) is 0.834. The molecule has 0 spiro atoms. The monoisotopic (exact) mass is 276 g/mol. The Morgan fingerprint density at radius 1 is 1.35 bits per heavy atom. The van der Waals surface area contributed by atoms with Crippen molar-refractivity contribution in [2.45, 2.75) is 18.9 Å². The average Bonchev–Trinajstić information content (AvgIpc) is 2.86. The Morgan fingerprint density at radius 3 is 2.60 bits per heavy atom. The maximum Gasteiger partial charge on any atom is 0.326 e. The first kappa shape index (κ1) is 14.0. The van der Waals surface area contributed by atoms with Crippen LogP contribution in [0.25, 0.3) is 0 Å². The highest BCUT2D eigenvalue weighted by molar-refractivity contribution is 5.91. The van der Waals surface area contributed by atoms with Crippen molar-refractivity contribution in [2.24, 2.45) is 5.92 Å². The quantitative estimate of drug-likeness (QED) is 0.701. The second kappa shape index (κ2) is 6.18. The van der Waals surface area contributed by atoms with Crippen LogP contribution in [-0.4, -0.2) is 35.5 Å². The van der Waals surface area contributed by atoms with Crippen molar-refractivity contribution in [3.8, 4) is 0 Å². The molecule has 3 N–H and O–H groups in total. The zero-order chi connectivity index (χ0) is 14.5. The highest BCUT2D eigenvalue weighted by Gasteiger charge is 2.30. The maximum absolute atomic E-state index is 11.9. The van der Waals surface area contributed by atoms with Crippen LogP contribution >= 0.6 is 0 Å². The van der Waals surface area contributed by atoms with Crippen LogP contribution < -0.4 is 10.6 Å². The van der Waals surface area contributed by atoms with Crippen LogP contribution in [0.15, 0.2) is 30.3 Å². The number of hydrogen-bond acceptors (Lipinski definition) is 3. The number of hydrogen-bond donors (Lipinski definition) is 3. The van der Waals surface area contributed by atoms with Gasteiger partial charge in [0.1, 0.15) is 6.04 Å². The molecule has 6 nitrogen and oxygen atoms in total. The average molecular weight is 276 g/mol. The first-order chi connectivity index (χ1) is 9.56. The van der Waals surface area contributed by atoms with Crippen LogP contribution in [0, 0.1) is 5.92 Å². The van der Waals surface area contributed by atoms with Crippen LogP contribution in [0.3, 0.4) is 0 Å². The van der Waals surface area contributed by atoms with E-state index in [-0.39, 0.29) is 25.3 Å². The zero-order valence-electron chi connectivity index (χ0n) is 10.8. The van der Waals surface area contributed by atoms with E-state index in [2.05, 4.69) is 10.6 Å². The number of carbonyl (C=O) groups excluding carboxylic acids is 2. The van der Waals surface area contributed by atoms with Gasteiger partial charge in [-0.05, 0) is 5.56 Å². The molecule has 1 heterocycles. The Labute approximate surface area is 116 Å². The lowest BCUT2D eigenvalue weighted by Gasteiger charge is -2.16. The molecule has 6 heteroatoms. The van der Waals surface area contributed by atoms with Gasteiger partial charge in [-0.3, -0.25) is 9.59 Å². The van der Waals surface area contributed by atoms with Gasteiger partial charge >= 0.3 is 5.97 Å². The first-order valence-electron chi connectivity index (χ1n) is 6.40. The number of carbonyl (C=O) groups is 3. The summed E-state index contributed by atoms with van der Waals surface area (Å²) in [5.74, 6) is -2.15. The van der Waals surface area contributed by atoms with Crippen molar-refractivity contribution < 1.29 is 19.5 Å². The summed E-state index contributed by atoms with van der Waals surface area (Å²) in [4.78, 5) is 34.2. The van der Waals surface area contributed by atoms with Gasteiger partial charge in [0, 0.05) is 19.4 Å². The van der Waals surface area contributed by atoms with E-state index < -0.39 is 23.8 Å². The van der Waals surface area contributed by atoms with E-state index >= 15 is 0 Å². The summed E-state index contributed by atoms with van der Waals surface area (Å²) in [6, 6.07) is 8.10. The van der Waals surface area contributed by atoms with Gasteiger partial charge in [0.05, 0.1) is 5.92 Å². The zero-order valence-corrected chi connectivity index (χ0v) is 10.8. The minimum Gasteiger partial charge on any atom is -0.480 e. The minimum atomic E-state index is -1.08. The van der Waals surface area contributed by atoms with Crippen molar-refractivity contribution in [3.63, 3.8) is 0 Å². The van der Waals surface area contributed by atoms with E-state index in [1.165, 1.54) is 0 Å². The topological polar surface area (TPSA) is 95.5 Å². The van der Waals surface area contributed by atoms with Crippen LogP contribution in [0.5, 0.6) is 0 Å². The van der Waals surface area contributed by atoms with E-state index in [4.69, 9.17) is 0 Å². The molecule has 1 aromatic carbocycles. The molecule has 1 aromatic rings. The molecular weight excluding hydrogens is 260 g/mol. The summed E-state index contributed by atoms with van der Waals surface area (Å²) >= 11 is 0. The number of carboxylic acid groups (broad SMARTS) is 1. The molecule has 1 saturated heterocycles. The van der Waals surface area contributed by atoms with E-state index in [1.807, 2.05) is 30.3 Å². The van der Waals surface area contributed by atoms with Gasteiger partial charge in [-0.1, -0.05) is 30.3 Å². The van der Waals surface area contributed by atoms with Gasteiger partial charge < -0.3 is 15.7 Å². The van der Waals surface area contributed by atoms with Crippen LogP contribution in [0.4, 0.5) is 0 Å². The Kier molecular flexibility index (Phi) is 4.34. The second-order valence-electron chi connectivity index (χ2n) is 4.79. The maximum atomic E-state index is 11.9. The Morgan fingerprint density at radius 2 is 2.05 bits per heavy atom. The molecule has 1 fully saturated rings. The number of amides is 2. The smallest absolute Gasteiger partial charge is 0.326 e. The molecule has 0 radical (unpaired) electrons. The standard InChI is InChI=1S/C14H16N2O4/c17-12-7-10(8-15-12)13(18)16-11(14(19)20)6-9-4-2-1-3-5-9/h1-5,10-11H,6-8H2,(H,15,17)(H,16,18)(H,19,20)/t10-,11+/m1/s1. The Hall–Kier alpha value is -2.37. The molecule has 0 aromatic heterocycles. The molecule has 2 atom stereocenters. The van der Waals surface area contributed by atoms with Crippen LogP contribution in [-0.2, 0) is 20.8 Å². The van der Waals surface area contributed by atoms with E-state index in [0.717, 1.165) is 5.56 Å². The van der Waals surface area contributed by atoms with Crippen molar-refractivity contribution in [2.75, 3.05) is 6.54 Å². The summed E-state index contributed by atoms with van der Waals surface area (Å²) in [6.07, 6.45) is 0.333. The summed E-state index contributed by atoms with van der Waals surface area (Å²) in [6.45, 7) is 0.266. The Bertz CT molecular complexity index is 515. The minimum absolute atomic E-state index is 0.115. The van der Waals surface area contributed by atoms with Gasteiger partial charge in [0.2, 0.25) is 11.8 Å². The fourth-order valence-electron chi connectivity index (χ4n) is 2.13. The van der Waals surface area contributed by atoms with Gasteiger partial charge in [-0.15, -0.1) is 0 Å². The van der Waals surface area contributed by atoms with Crippen molar-refractivity contribution in [1.29, 1.82) is 0 Å². The highest BCUT2D eigenvalue weighted by Crippen LogP contribution is 2.10. The predicted octanol–water partition coefficient (Wildman–Crippen LogP) is -0.0654. The summed E-state index contributed by atoms with van der Waals surface area (Å²) in [7, 11) is 0. The summed E-state index contributed by atoms with van der Waals surface area (Å²) < 4.78 is 0. The summed E-state index contributed by atoms with van der Waals surface area (Å²) in [5, 5.41) is 14.2. The van der Waals surface area contributed by atoms with Crippen LogP contribution in [0.1, 0.15) is 12.0 Å². The number of carboxylic acids is 1. The van der Waals surface area contributed by atoms with Gasteiger partial charge in [-0.2, -0.15) is 0 Å². The fourth-order valence-corrected chi connectivity index (χ4v) is 2.13. The first-order valence-corrected chi connectivity index (χ1v) is 6.40. The molecular formula is C14H16N2O4. The molecule has 0 saturated carbocycles. The van der Waals surface area contributed by atoms with Gasteiger partial charge in [-0.25, -0.2) is 4.79 Å². The molecule has 20 heavy (non-hydrogen) atoms. The SMILES string of the molecule is O=C1C[C@@H](C(=O)N[C@@H](Cc2ccccc2)C(=O)O)CN1. The van der Waals surface area contributed by atoms with Gasteiger partial charge in [0.25, 0.3) is 0 Å². The molecule has 0 aliphatic carbocycles. The second-order valence-corrected chi connectivity index (χ2v) is 4.79. The third-order valence-electron chi connectivity index (χ3n) is 3.25. The highest BCUT2D eigenvalue weighted by atomic mass is 16.4. The fraction of sp³-hybridized carbons (Fsp3) is 0.357. The van der Waals surface area contributed by atoms with Gasteiger partial charge in [0.15, 0.2) is 0 Å². The molecule has 2 amide bonds. The molecule has 106 valence electrons. The molecule has 0 unspecified atom stereocenters. The van der Waals surface area contributed by atoms with E-state index in [1.54, 1.807) is 0 Å². The normalized spacial score (nSPS) is 19.2. The number of aliphatic carboxylic acids is 1. The largest absolute Gasteiger partial charge is 0.480 e. The van der Waals surface area contributed by atoms with Crippen LogP contribution in [0.2, 0.25) is 0 Å². The van der Waals surface area contributed by atoms with E-state index in [0.29, 0.717) is 0 Å². The molecule has 1 aliphatic heterocycles. The Balaban J connectivity index is 1.97. The lowest BCUT2D eigenvalue weighted by atomic mass is 10.0. The number of rotatable bonds is 5. The predicted molar refractivity (Wildman–Crippen MR) is 70.8 cm³/mol. The lowest BCUT2D eigenvalue weighted by molar-refractivity contribution is -0.142. The van der Waals surface area contributed by atoms with Crippen molar-refractivity contribution in [3.05, 3.63) is 35.9 Å². The number of nitrogens with one attached hydrogen (secondary N) is 2. The molecule has 2 rings (SSSR count). The lowest BCUT2D eigenvalue weighted by Crippen LogP contribution is -2.45. The third kappa shape index (κ3) is 3.57. The van der Waals surface area contributed by atoms with Crippen molar-refractivity contribution >= 4 is 17.8 Å². The van der Waals surface area contributed by atoms with E-state index in [9.17, 15) is 19.5 Å². The number of benzene rings is 1. The third-order valence-corrected chi connectivity index (χ3v) is 3.25. The molecule has 0 bridgehead atoms. The molecule has 1 aliphatic rings.